The predicted octanol–water partition coefficient (Wildman–Crippen LogP) is 2.45. The highest BCUT2D eigenvalue weighted by Crippen LogP contribution is 2.30. The highest BCUT2D eigenvalue weighted by molar-refractivity contribution is 5.37. The summed E-state index contributed by atoms with van der Waals surface area (Å²) in [6, 6.07) is 6.88. The third kappa shape index (κ3) is 2.99. The Hall–Kier alpha value is -1.06. The Morgan fingerprint density at radius 1 is 1.30 bits per heavy atom. The van der Waals surface area contributed by atoms with Crippen molar-refractivity contribution in [3.8, 4) is 5.75 Å². The Morgan fingerprint density at radius 2 is 2.10 bits per heavy atom. The molecule has 1 unspecified atom stereocenters. The minimum absolute atomic E-state index is 0.450. The molecule has 2 N–H and O–H groups in total. The molecule has 1 aromatic rings. The van der Waals surface area contributed by atoms with E-state index in [4.69, 9.17) is 4.74 Å². The van der Waals surface area contributed by atoms with Crippen molar-refractivity contribution in [3.63, 3.8) is 0 Å². The van der Waals surface area contributed by atoms with Gasteiger partial charge in [-0.25, -0.2) is 0 Å². The summed E-state index contributed by atoms with van der Waals surface area (Å²) in [6.45, 7) is 0.747. The molecule has 3 nitrogen and oxygen atoms in total. The maximum absolute atomic E-state index is 10.4. The van der Waals surface area contributed by atoms with Crippen molar-refractivity contribution in [3.05, 3.63) is 29.3 Å². The first-order valence-electron chi connectivity index (χ1n) is 7.80. The standard InChI is InChI=1S/C17H25NO2/c1-20-16-7-5-13-4-6-15(10-14(13)11-16)18-12-17(19)8-2-3-9-17/h5,7,11,15,18-19H,2-4,6,8-10,12H2,1H3. The van der Waals surface area contributed by atoms with Crippen molar-refractivity contribution in [2.75, 3.05) is 13.7 Å². The van der Waals surface area contributed by atoms with Crippen LogP contribution < -0.4 is 10.1 Å². The second-order valence-electron chi connectivity index (χ2n) is 6.39. The lowest BCUT2D eigenvalue weighted by Gasteiger charge is -2.30. The number of benzene rings is 1. The van der Waals surface area contributed by atoms with E-state index in [9.17, 15) is 5.11 Å². The van der Waals surface area contributed by atoms with Gasteiger partial charge in [0.15, 0.2) is 0 Å². The summed E-state index contributed by atoms with van der Waals surface area (Å²) in [7, 11) is 1.72. The van der Waals surface area contributed by atoms with Gasteiger partial charge in [0, 0.05) is 12.6 Å². The van der Waals surface area contributed by atoms with Crippen LogP contribution in [0.2, 0.25) is 0 Å². The molecule has 0 radical (unpaired) electrons. The van der Waals surface area contributed by atoms with Gasteiger partial charge in [-0.05, 0) is 55.4 Å². The van der Waals surface area contributed by atoms with Crippen LogP contribution in [-0.2, 0) is 12.8 Å². The monoisotopic (exact) mass is 275 g/mol. The summed E-state index contributed by atoms with van der Waals surface area (Å²) in [5.74, 6) is 0.943. The van der Waals surface area contributed by atoms with Crippen LogP contribution in [0.4, 0.5) is 0 Å². The van der Waals surface area contributed by atoms with Crippen LogP contribution in [-0.4, -0.2) is 30.4 Å². The Morgan fingerprint density at radius 3 is 2.85 bits per heavy atom. The van der Waals surface area contributed by atoms with Crippen LogP contribution in [0, 0.1) is 0 Å². The molecule has 1 aromatic carbocycles. The molecule has 0 amide bonds. The topological polar surface area (TPSA) is 41.5 Å². The summed E-state index contributed by atoms with van der Waals surface area (Å²) >= 11 is 0. The molecule has 0 heterocycles. The van der Waals surface area contributed by atoms with E-state index in [1.54, 1.807) is 7.11 Å². The smallest absolute Gasteiger partial charge is 0.119 e. The van der Waals surface area contributed by atoms with E-state index in [0.29, 0.717) is 6.04 Å². The zero-order chi connectivity index (χ0) is 14.0. The number of fused-ring (bicyclic) bond motifs is 1. The van der Waals surface area contributed by atoms with Crippen LogP contribution >= 0.6 is 0 Å². The molecule has 110 valence electrons. The van der Waals surface area contributed by atoms with Crippen LogP contribution in [0.3, 0.4) is 0 Å². The van der Waals surface area contributed by atoms with Gasteiger partial charge in [0.1, 0.15) is 5.75 Å². The molecule has 0 bridgehead atoms. The minimum atomic E-state index is -0.450. The van der Waals surface area contributed by atoms with E-state index in [1.807, 2.05) is 6.07 Å². The van der Waals surface area contributed by atoms with Gasteiger partial charge in [0.25, 0.3) is 0 Å². The normalized spacial score (nSPS) is 24.4. The molecule has 0 aliphatic heterocycles. The first-order valence-corrected chi connectivity index (χ1v) is 7.80. The fourth-order valence-electron chi connectivity index (χ4n) is 3.58. The minimum Gasteiger partial charge on any atom is -0.497 e. The van der Waals surface area contributed by atoms with Crippen LogP contribution in [0.15, 0.2) is 18.2 Å². The Labute approximate surface area is 121 Å². The molecule has 0 spiro atoms. The van der Waals surface area contributed by atoms with E-state index in [1.165, 1.54) is 24.0 Å². The van der Waals surface area contributed by atoms with Gasteiger partial charge in [-0.2, -0.15) is 0 Å². The Balaban J connectivity index is 1.60. The number of ether oxygens (including phenoxy) is 1. The average Bonchev–Trinajstić information content (AvgIpc) is 2.91. The number of nitrogens with one attached hydrogen (secondary N) is 1. The second kappa shape index (κ2) is 5.74. The average molecular weight is 275 g/mol. The first kappa shape index (κ1) is 13.9. The summed E-state index contributed by atoms with van der Waals surface area (Å²) in [4.78, 5) is 0. The largest absolute Gasteiger partial charge is 0.497 e. The first-order chi connectivity index (χ1) is 9.68. The van der Waals surface area contributed by atoms with Crippen molar-refractivity contribution in [2.24, 2.45) is 0 Å². The van der Waals surface area contributed by atoms with Crippen molar-refractivity contribution >= 4 is 0 Å². The highest BCUT2D eigenvalue weighted by Gasteiger charge is 2.31. The lowest BCUT2D eigenvalue weighted by atomic mass is 9.87. The van der Waals surface area contributed by atoms with Gasteiger partial charge in [0.2, 0.25) is 0 Å². The zero-order valence-corrected chi connectivity index (χ0v) is 12.3. The Kier molecular flexibility index (Phi) is 3.99. The molecular weight excluding hydrogens is 250 g/mol. The summed E-state index contributed by atoms with van der Waals surface area (Å²) < 4.78 is 5.31. The molecule has 3 heteroatoms. The molecule has 1 saturated carbocycles. The van der Waals surface area contributed by atoms with E-state index in [2.05, 4.69) is 17.4 Å². The van der Waals surface area contributed by atoms with E-state index in [-0.39, 0.29) is 0 Å². The SMILES string of the molecule is COc1ccc2c(c1)CC(NCC1(O)CCCC1)CC2. The number of aliphatic hydroxyl groups is 1. The molecule has 0 aromatic heterocycles. The van der Waals surface area contributed by atoms with Crippen LogP contribution in [0.25, 0.3) is 0 Å². The third-order valence-corrected chi connectivity index (χ3v) is 4.90. The van der Waals surface area contributed by atoms with Gasteiger partial charge < -0.3 is 15.2 Å². The number of hydrogen-bond acceptors (Lipinski definition) is 3. The van der Waals surface area contributed by atoms with Gasteiger partial charge in [-0.15, -0.1) is 0 Å². The van der Waals surface area contributed by atoms with Gasteiger partial charge in [0.05, 0.1) is 12.7 Å². The lowest BCUT2D eigenvalue weighted by molar-refractivity contribution is 0.0443. The molecule has 1 atom stereocenters. The maximum Gasteiger partial charge on any atom is 0.119 e. The zero-order valence-electron chi connectivity index (χ0n) is 12.3. The number of methoxy groups -OCH3 is 1. The quantitative estimate of drug-likeness (QED) is 0.887. The van der Waals surface area contributed by atoms with Gasteiger partial charge >= 0.3 is 0 Å². The third-order valence-electron chi connectivity index (χ3n) is 4.90. The van der Waals surface area contributed by atoms with Crippen molar-refractivity contribution in [1.82, 2.24) is 5.32 Å². The molecule has 3 rings (SSSR count). The fraction of sp³-hybridized carbons (Fsp3) is 0.647. The van der Waals surface area contributed by atoms with Crippen molar-refractivity contribution in [2.45, 2.75) is 56.6 Å². The number of aryl methyl sites for hydroxylation is 1. The Bertz CT molecular complexity index is 466. The van der Waals surface area contributed by atoms with E-state index < -0.39 is 5.60 Å². The van der Waals surface area contributed by atoms with E-state index >= 15 is 0 Å². The highest BCUT2D eigenvalue weighted by atomic mass is 16.5. The molecule has 2 aliphatic carbocycles. The van der Waals surface area contributed by atoms with Gasteiger partial charge in [-0.3, -0.25) is 0 Å². The van der Waals surface area contributed by atoms with E-state index in [0.717, 1.165) is 44.4 Å². The number of hydrogen-bond donors (Lipinski definition) is 2. The van der Waals surface area contributed by atoms with Gasteiger partial charge in [-0.1, -0.05) is 18.9 Å². The van der Waals surface area contributed by atoms with Crippen LogP contribution in [0.1, 0.15) is 43.2 Å². The summed E-state index contributed by atoms with van der Waals surface area (Å²) in [5.41, 5.74) is 2.39. The maximum atomic E-state index is 10.4. The summed E-state index contributed by atoms with van der Waals surface area (Å²) in [5, 5.41) is 14.0. The van der Waals surface area contributed by atoms with Crippen LogP contribution in [0.5, 0.6) is 5.75 Å². The predicted molar refractivity (Wildman–Crippen MR) is 80.2 cm³/mol. The molecule has 2 aliphatic rings. The molecule has 1 fully saturated rings. The van der Waals surface area contributed by atoms with Crippen molar-refractivity contribution < 1.29 is 9.84 Å². The lowest BCUT2D eigenvalue weighted by Crippen LogP contribution is -2.44. The molecule has 0 saturated heterocycles. The van der Waals surface area contributed by atoms with Crippen molar-refractivity contribution in [1.29, 1.82) is 0 Å². The second-order valence-corrected chi connectivity index (χ2v) is 6.39. The molecule has 20 heavy (non-hydrogen) atoms. The fourth-order valence-corrected chi connectivity index (χ4v) is 3.58. The molecular formula is C17H25NO2. The summed E-state index contributed by atoms with van der Waals surface area (Å²) in [6.07, 6.45) is 7.58. The number of rotatable bonds is 4.